The van der Waals surface area contributed by atoms with Crippen LogP contribution >= 0.6 is 0 Å². The van der Waals surface area contributed by atoms with Gasteiger partial charge in [0.25, 0.3) is 0 Å². The summed E-state index contributed by atoms with van der Waals surface area (Å²) in [5.74, 6) is 0.880. The fourth-order valence-electron chi connectivity index (χ4n) is 3.46. The summed E-state index contributed by atoms with van der Waals surface area (Å²) in [4.78, 5) is 4.66. The number of guanidine groups is 1. The summed E-state index contributed by atoms with van der Waals surface area (Å²) >= 11 is 0. The molecule has 0 radical (unpaired) electrons. The Kier molecular flexibility index (Phi) is 9.53. The third-order valence-corrected chi connectivity index (χ3v) is 4.80. The van der Waals surface area contributed by atoms with Crippen molar-refractivity contribution in [2.75, 3.05) is 26.2 Å². The van der Waals surface area contributed by atoms with Gasteiger partial charge < -0.3 is 15.4 Å². The minimum atomic E-state index is 0.458. The second-order valence-corrected chi connectivity index (χ2v) is 7.18. The van der Waals surface area contributed by atoms with Crippen LogP contribution < -0.4 is 10.6 Å². The third kappa shape index (κ3) is 7.77. The topological polar surface area (TPSA) is 63.5 Å². The van der Waals surface area contributed by atoms with Gasteiger partial charge in [0, 0.05) is 31.9 Å². The molecule has 0 aliphatic heterocycles. The van der Waals surface area contributed by atoms with E-state index in [4.69, 9.17) is 4.74 Å². The molecule has 1 aliphatic carbocycles. The summed E-state index contributed by atoms with van der Waals surface area (Å²) in [5, 5.41) is 11.2. The Morgan fingerprint density at radius 2 is 2.00 bits per heavy atom. The van der Waals surface area contributed by atoms with Crippen LogP contribution in [0.2, 0.25) is 0 Å². The highest BCUT2D eigenvalue weighted by atomic mass is 16.5. The summed E-state index contributed by atoms with van der Waals surface area (Å²) in [6, 6.07) is 2.11. The van der Waals surface area contributed by atoms with Crippen LogP contribution in [0.15, 0.2) is 11.1 Å². The molecular formula is C20H37N5O. The Morgan fingerprint density at radius 3 is 2.65 bits per heavy atom. The molecule has 6 heteroatoms. The Morgan fingerprint density at radius 1 is 1.23 bits per heavy atom. The monoisotopic (exact) mass is 363 g/mol. The van der Waals surface area contributed by atoms with Gasteiger partial charge in [-0.05, 0) is 46.1 Å². The lowest BCUT2D eigenvalue weighted by molar-refractivity contribution is 0.0468. The van der Waals surface area contributed by atoms with Gasteiger partial charge in [-0.1, -0.05) is 25.7 Å². The molecule has 0 atom stereocenters. The van der Waals surface area contributed by atoms with Crippen LogP contribution in [-0.2, 0) is 11.3 Å². The molecule has 0 aromatic carbocycles. The Hall–Kier alpha value is -1.56. The van der Waals surface area contributed by atoms with Gasteiger partial charge in [-0.2, -0.15) is 5.10 Å². The highest BCUT2D eigenvalue weighted by molar-refractivity contribution is 5.79. The highest BCUT2D eigenvalue weighted by Crippen LogP contribution is 2.19. The van der Waals surface area contributed by atoms with Crippen LogP contribution in [0.5, 0.6) is 0 Å². The first-order valence-electron chi connectivity index (χ1n) is 10.3. The lowest BCUT2D eigenvalue weighted by Gasteiger charge is -2.16. The van der Waals surface area contributed by atoms with Gasteiger partial charge >= 0.3 is 0 Å². The van der Waals surface area contributed by atoms with Gasteiger partial charge in [-0.25, -0.2) is 0 Å². The Bertz CT molecular complexity index is 532. The van der Waals surface area contributed by atoms with Crippen molar-refractivity contribution in [1.29, 1.82) is 0 Å². The van der Waals surface area contributed by atoms with Gasteiger partial charge in [0.2, 0.25) is 0 Å². The van der Waals surface area contributed by atoms with Crippen molar-refractivity contribution in [3.8, 4) is 0 Å². The molecule has 1 aliphatic rings. The molecule has 148 valence electrons. The van der Waals surface area contributed by atoms with Crippen LogP contribution in [0.3, 0.4) is 0 Å². The normalized spacial score (nSPS) is 16.5. The van der Waals surface area contributed by atoms with Crippen LogP contribution in [0, 0.1) is 13.8 Å². The minimum Gasteiger partial charge on any atom is -0.376 e. The third-order valence-electron chi connectivity index (χ3n) is 4.80. The summed E-state index contributed by atoms with van der Waals surface area (Å²) in [6.45, 7) is 10.3. The number of nitrogens with zero attached hydrogens (tertiary/aromatic N) is 3. The van der Waals surface area contributed by atoms with Gasteiger partial charge in [-0.15, -0.1) is 0 Å². The molecule has 2 rings (SSSR count). The molecule has 0 saturated heterocycles. The van der Waals surface area contributed by atoms with E-state index < -0.39 is 0 Å². The van der Waals surface area contributed by atoms with Gasteiger partial charge in [0.15, 0.2) is 5.96 Å². The maximum atomic E-state index is 6.03. The number of hydrogen-bond donors (Lipinski definition) is 2. The number of ether oxygens (including phenoxy) is 1. The predicted octanol–water partition coefficient (Wildman–Crippen LogP) is 3.18. The standard InChI is InChI=1S/C20H37N5O/c1-4-21-20(22-12-9-14-25-18(3)16-17(2)24-25)23-13-15-26-19-10-7-5-6-8-11-19/h16,19H,4-15H2,1-3H3,(H2,21,22,23). The lowest BCUT2D eigenvalue weighted by Crippen LogP contribution is -2.39. The van der Waals surface area contributed by atoms with Crippen LogP contribution in [-0.4, -0.2) is 48.1 Å². The molecule has 26 heavy (non-hydrogen) atoms. The molecule has 2 N–H and O–H groups in total. The maximum Gasteiger partial charge on any atom is 0.191 e. The van der Waals surface area contributed by atoms with Crippen LogP contribution in [0.1, 0.15) is 63.3 Å². The number of nitrogens with one attached hydrogen (secondary N) is 2. The second kappa shape index (κ2) is 11.9. The second-order valence-electron chi connectivity index (χ2n) is 7.18. The summed E-state index contributed by atoms with van der Waals surface area (Å²) in [5.41, 5.74) is 2.29. The predicted molar refractivity (Wildman–Crippen MR) is 108 cm³/mol. The van der Waals surface area contributed by atoms with Gasteiger partial charge in [-0.3, -0.25) is 9.67 Å². The van der Waals surface area contributed by atoms with Crippen molar-refractivity contribution in [2.24, 2.45) is 4.99 Å². The van der Waals surface area contributed by atoms with E-state index in [9.17, 15) is 0 Å². The van der Waals surface area contributed by atoms with E-state index >= 15 is 0 Å². The summed E-state index contributed by atoms with van der Waals surface area (Å²) < 4.78 is 8.09. The average Bonchev–Trinajstić information content (AvgIpc) is 2.80. The molecule has 1 fully saturated rings. The van der Waals surface area contributed by atoms with Gasteiger partial charge in [0.05, 0.1) is 18.4 Å². The van der Waals surface area contributed by atoms with E-state index in [0.29, 0.717) is 6.10 Å². The zero-order valence-corrected chi connectivity index (χ0v) is 16.9. The molecule has 1 aromatic rings. The number of aromatic nitrogens is 2. The Labute approximate surface area is 158 Å². The van der Waals surface area contributed by atoms with Crippen molar-refractivity contribution in [3.63, 3.8) is 0 Å². The number of aryl methyl sites for hydroxylation is 3. The molecule has 0 unspecified atom stereocenters. The number of hydrogen-bond acceptors (Lipinski definition) is 3. The first-order chi connectivity index (χ1) is 12.7. The molecule has 0 amide bonds. The van der Waals surface area contributed by atoms with E-state index in [1.165, 1.54) is 44.2 Å². The highest BCUT2D eigenvalue weighted by Gasteiger charge is 2.12. The number of aliphatic imine (C=N–C) groups is 1. The molecule has 6 nitrogen and oxygen atoms in total. The van der Waals surface area contributed by atoms with E-state index in [-0.39, 0.29) is 0 Å². The maximum absolute atomic E-state index is 6.03. The first-order valence-corrected chi connectivity index (χ1v) is 10.3. The lowest BCUT2D eigenvalue weighted by atomic mass is 10.1. The molecular weight excluding hydrogens is 326 g/mol. The van der Waals surface area contributed by atoms with Crippen molar-refractivity contribution in [1.82, 2.24) is 20.4 Å². The minimum absolute atomic E-state index is 0.458. The zero-order chi connectivity index (χ0) is 18.6. The van der Waals surface area contributed by atoms with Crippen LogP contribution in [0.25, 0.3) is 0 Å². The smallest absolute Gasteiger partial charge is 0.191 e. The molecule has 1 saturated carbocycles. The van der Waals surface area contributed by atoms with Crippen LogP contribution in [0.4, 0.5) is 0 Å². The van der Waals surface area contributed by atoms with Crippen molar-refractivity contribution >= 4 is 5.96 Å². The SMILES string of the molecule is CCNC(=NCCCn1nc(C)cc1C)NCCOC1CCCCCC1. The first kappa shape index (κ1) is 20.7. The Balaban J connectivity index is 1.64. The summed E-state index contributed by atoms with van der Waals surface area (Å²) in [6.07, 6.45) is 9.26. The molecule has 0 spiro atoms. The zero-order valence-electron chi connectivity index (χ0n) is 16.9. The quantitative estimate of drug-likeness (QED) is 0.306. The van der Waals surface area contributed by atoms with Gasteiger partial charge in [0.1, 0.15) is 0 Å². The van der Waals surface area contributed by atoms with E-state index in [1.807, 2.05) is 6.92 Å². The van der Waals surface area contributed by atoms with E-state index in [2.05, 4.69) is 45.3 Å². The average molecular weight is 364 g/mol. The fraction of sp³-hybridized carbons (Fsp3) is 0.800. The molecule has 0 bridgehead atoms. The summed E-state index contributed by atoms with van der Waals surface area (Å²) in [7, 11) is 0. The van der Waals surface area contributed by atoms with Crippen molar-refractivity contribution in [3.05, 3.63) is 17.5 Å². The van der Waals surface area contributed by atoms with E-state index in [1.54, 1.807) is 0 Å². The molecule has 1 heterocycles. The van der Waals surface area contributed by atoms with E-state index in [0.717, 1.165) is 50.9 Å². The molecule has 1 aromatic heterocycles. The van der Waals surface area contributed by atoms with Crippen molar-refractivity contribution < 1.29 is 4.74 Å². The van der Waals surface area contributed by atoms with Crippen molar-refractivity contribution in [2.45, 2.75) is 78.4 Å². The largest absolute Gasteiger partial charge is 0.376 e. The number of rotatable bonds is 9. The fourth-order valence-corrected chi connectivity index (χ4v) is 3.46.